The topological polar surface area (TPSA) is 32.3 Å². The second-order valence-corrected chi connectivity index (χ2v) is 8.56. The van der Waals surface area contributed by atoms with E-state index in [4.69, 9.17) is 0 Å². The van der Waals surface area contributed by atoms with E-state index in [1.54, 1.807) is 0 Å². The average Bonchev–Trinajstić information content (AvgIpc) is 2.84. The Balaban J connectivity index is 1.81. The van der Waals surface area contributed by atoms with Crippen molar-refractivity contribution >= 4 is 11.1 Å². The third-order valence-electron chi connectivity index (χ3n) is 6.36. The first-order valence-electron chi connectivity index (χ1n) is 11.5. The highest BCUT2D eigenvalue weighted by molar-refractivity contribution is 5.98. The lowest BCUT2D eigenvalue weighted by Crippen LogP contribution is -2.26. The molecule has 0 aromatic heterocycles. The zero-order valence-corrected chi connectivity index (χ0v) is 18.5. The fraction of sp³-hybridized carbons (Fsp3) is 0.310. The fourth-order valence-electron chi connectivity index (χ4n) is 4.62. The molecule has 160 valence electrons. The Bertz CT molecular complexity index is 981. The second kappa shape index (κ2) is 10.6. The van der Waals surface area contributed by atoms with Gasteiger partial charge in [0.15, 0.2) is 0 Å². The van der Waals surface area contributed by atoms with E-state index in [9.17, 15) is 5.11 Å². The van der Waals surface area contributed by atoms with Crippen molar-refractivity contribution in [3.63, 3.8) is 0 Å². The summed E-state index contributed by atoms with van der Waals surface area (Å²) in [6.45, 7) is 4.55. The van der Waals surface area contributed by atoms with E-state index in [-0.39, 0.29) is 6.61 Å². The average molecular weight is 412 g/mol. The summed E-state index contributed by atoms with van der Waals surface area (Å²) < 4.78 is 0. The Hall–Kier alpha value is -2.68. The Morgan fingerprint density at radius 3 is 2.03 bits per heavy atom. The molecule has 0 saturated carbocycles. The summed E-state index contributed by atoms with van der Waals surface area (Å²) in [5.74, 6) is 0.657. The minimum absolute atomic E-state index is 0.201. The maximum Gasteiger partial charge on any atom is 0.0434 e. The van der Waals surface area contributed by atoms with Gasteiger partial charge in [0, 0.05) is 6.61 Å². The van der Waals surface area contributed by atoms with Crippen molar-refractivity contribution in [1.29, 1.82) is 0 Å². The van der Waals surface area contributed by atoms with Gasteiger partial charge in [0.05, 0.1) is 0 Å². The van der Waals surface area contributed by atoms with Gasteiger partial charge in [0.2, 0.25) is 0 Å². The van der Waals surface area contributed by atoms with Gasteiger partial charge in [-0.2, -0.15) is 0 Å². The molecule has 0 radical (unpaired) electrons. The monoisotopic (exact) mass is 411 g/mol. The van der Waals surface area contributed by atoms with Crippen LogP contribution in [0.1, 0.15) is 59.4 Å². The standard InChI is InChI=1S/C29H33NO/c1-22-9-11-26(12-10-22)29(28(8-5-21-31)25-6-3-2-4-7-25)27-15-13-23(14-16-27)24-17-19-30-20-18-24/h2-4,6-7,9-16,24,30-31H,5,8,17-21H2,1H3/b29-28-. The van der Waals surface area contributed by atoms with Crippen LogP contribution in [0.2, 0.25) is 0 Å². The molecule has 0 unspecified atom stereocenters. The molecule has 2 heteroatoms. The van der Waals surface area contributed by atoms with Crippen LogP contribution in [0.4, 0.5) is 0 Å². The first-order chi connectivity index (χ1) is 15.3. The number of piperidine rings is 1. The molecular formula is C29H33NO. The summed E-state index contributed by atoms with van der Waals surface area (Å²) in [5, 5.41) is 13.0. The lowest BCUT2D eigenvalue weighted by molar-refractivity contribution is 0.290. The number of rotatable bonds is 7. The van der Waals surface area contributed by atoms with Crippen molar-refractivity contribution < 1.29 is 5.11 Å². The molecule has 1 aliphatic heterocycles. The van der Waals surface area contributed by atoms with Crippen molar-refractivity contribution in [1.82, 2.24) is 5.32 Å². The molecule has 4 rings (SSSR count). The van der Waals surface area contributed by atoms with Gasteiger partial charge < -0.3 is 10.4 Å². The van der Waals surface area contributed by atoms with E-state index in [0.717, 1.165) is 25.9 Å². The Morgan fingerprint density at radius 1 is 0.806 bits per heavy atom. The van der Waals surface area contributed by atoms with Crippen LogP contribution in [0, 0.1) is 6.92 Å². The van der Waals surface area contributed by atoms with E-state index in [0.29, 0.717) is 5.92 Å². The number of aliphatic hydroxyl groups is 1. The van der Waals surface area contributed by atoms with Gasteiger partial charge in [0.25, 0.3) is 0 Å². The number of allylic oxidation sites excluding steroid dienone is 1. The number of nitrogens with one attached hydrogen (secondary N) is 1. The molecule has 1 saturated heterocycles. The van der Waals surface area contributed by atoms with E-state index in [1.807, 2.05) is 0 Å². The predicted molar refractivity (Wildman–Crippen MR) is 131 cm³/mol. The summed E-state index contributed by atoms with van der Waals surface area (Å²) in [4.78, 5) is 0. The zero-order valence-electron chi connectivity index (χ0n) is 18.5. The van der Waals surface area contributed by atoms with Crippen molar-refractivity contribution in [2.75, 3.05) is 19.7 Å². The van der Waals surface area contributed by atoms with Crippen LogP contribution in [-0.2, 0) is 0 Å². The van der Waals surface area contributed by atoms with Crippen molar-refractivity contribution in [3.05, 3.63) is 107 Å². The van der Waals surface area contributed by atoms with Gasteiger partial charge in [-0.05, 0) is 85.0 Å². The Labute approximate surface area is 186 Å². The third-order valence-corrected chi connectivity index (χ3v) is 6.36. The molecule has 1 aliphatic rings. The highest BCUT2D eigenvalue weighted by atomic mass is 16.2. The first-order valence-corrected chi connectivity index (χ1v) is 11.5. The summed E-state index contributed by atoms with van der Waals surface area (Å²) in [7, 11) is 0. The molecule has 3 aromatic rings. The minimum atomic E-state index is 0.201. The number of hydrogen-bond acceptors (Lipinski definition) is 2. The summed E-state index contributed by atoms with van der Waals surface area (Å²) in [6.07, 6.45) is 4.03. The van der Waals surface area contributed by atoms with Crippen LogP contribution < -0.4 is 5.32 Å². The molecule has 0 aliphatic carbocycles. The van der Waals surface area contributed by atoms with E-state index < -0.39 is 0 Å². The van der Waals surface area contributed by atoms with Crippen molar-refractivity contribution in [2.24, 2.45) is 0 Å². The predicted octanol–water partition coefficient (Wildman–Crippen LogP) is 6.19. The van der Waals surface area contributed by atoms with Crippen molar-refractivity contribution in [3.8, 4) is 0 Å². The molecule has 1 fully saturated rings. The van der Waals surface area contributed by atoms with E-state index in [2.05, 4.69) is 91.1 Å². The number of aliphatic hydroxyl groups excluding tert-OH is 1. The molecule has 0 bridgehead atoms. The Kier molecular flexibility index (Phi) is 7.35. The zero-order chi connectivity index (χ0) is 21.5. The maximum atomic E-state index is 9.57. The third kappa shape index (κ3) is 5.33. The van der Waals surface area contributed by atoms with Crippen LogP contribution in [0.5, 0.6) is 0 Å². The second-order valence-electron chi connectivity index (χ2n) is 8.56. The van der Waals surface area contributed by atoms with Crippen LogP contribution in [-0.4, -0.2) is 24.8 Å². The largest absolute Gasteiger partial charge is 0.396 e. The maximum absolute atomic E-state index is 9.57. The van der Waals surface area contributed by atoms with Gasteiger partial charge >= 0.3 is 0 Å². The number of aryl methyl sites for hydroxylation is 1. The molecule has 0 spiro atoms. The van der Waals surface area contributed by atoms with E-state index in [1.165, 1.54) is 51.8 Å². The first kappa shape index (κ1) is 21.5. The molecule has 3 aromatic carbocycles. The molecule has 0 atom stereocenters. The molecular weight excluding hydrogens is 378 g/mol. The highest BCUT2D eigenvalue weighted by Gasteiger charge is 2.17. The van der Waals surface area contributed by atoms with Crippen molar-refractivity contribution in [2.45, 2.75) is 38.5 Å². The van der Waals surface area contributed by atoms with Crippen LogP contribution in [0.15, 0.2) is 78.9 Å². The summed E-state index contributed by atoms with van der Waals surface area (Å²) in [5.41, 5.74) is 9.00. The molecule has 1 heterocycles. The summed E-state index contributed by atoms with van der Waals surface area (Å²) >= 11 is 0. The smallest absolute Gasteiger partial charge is 0.0434 e. The highest BCUT2D eigenvalue weighted by Crippen LogP contribution is 2.36. The molecule has 2 nitrogen and oxygen atoms in total. The van der Waals surface area contributed by atoms with Gasteiger partial charge in [-0.15, -0.1) is 0 Å². The number of benzene rings is 3. The van der Waals surface area contributed by atoms with Gasteiger partial charge in [-0.1, -0.05) is 84.4 Å². The summed E-state index contributed by atoms with van der Waals surface area (Å²) in [6, 6.07) is 28.7. The van der Waals surface area contributed by atoms with Crippen LogP contribution in [0.25, 0.3) is 11.1 Å². The lowest BCUT2D eigenvalue weighted by Gasteiger charge is -2.23. The molecule has 31 heavy (non-hydrogen) atoms. The normalized spacial score (nSPS) is 15.5. The minimum Gasteiger partial charge on any atom is -0.396 e. The molecule has 2 N–H and O–H groups in total. The van der Waals surface area contributed by atoms with Crippen LogP contribution >= 0.6 is 0 Å². The van der Waals surface area contributed by atoms with Gasteiger partial charge in [0.1, 0.15) is 0 Å². The molecule has 0 amide bonds. The van der Waals surface area contributed by atoms with Crippen LogP contribution in [0.3, 0.4) is 0 Å². The van der Waals surface area contributed by atoms with Gasteiger partial charge in [-0.25, -0.2) is 0 Å². The lowest BCUT2D eigenvalue weighted by atomic mass is 9.85. The quantitative estimate of drug-likeness (QED) is 0.454. The number of hydrogen-bond donors (Lipinski definition) is 2. The van der Waals surface area contributed by atoms with Gasteiger partial charge in [-0.3, -0.25) is 0 Å². The van der Waals surface area contributed by atoms with E-state index >= 15 is 0 Å². The fourth-order valence-corrected chi connectivity index (χ4v) is 4.62. The SMILES string of the molecule is Cc1ccc(/C(=C(\CCCO)c2ccccc2)c2ccc(C3CCNCC3)cc2)cc1. The Morgan fingerprint density at radius 2 is 1.42 bits per heavy atom.